The molecule has 0 aliphatic rings. The van der Waals surface area contributed by atoms with E-state index in [4.69, 9.17) is 37.0 Å². The molecule has 0 aliphatic heterocycles. The molecule has 0 aliphatic carbocycles. The molecule has 600 valence electrons. The van der Waals surface area contributed by atoms with E-state index in [0.717, 1.165) is 108 Å². The van der Waals surface area contributed by atoms with Crippen LogP contribution in [0, 0.1) is 17.8 Å². The zero-order valence-electron chi connectivity index (χ0n) is 66.4. The molecule has 17 nitrogen and oxygen atoms in total. The molecule has 0 saturated heterocycles. The number of unbranched alkanes of at least 4 members (excludes halogenated alkanes) is 48. The van der Waals surface area contributed by atoms with Gasteiger partial charge in [0.05, 0.1) is 26.4 Å². The van der Waals surface area contributed by atoms with Crippen LogP contribution in [0.15, 0.2) is 0 Å². The van der Waals surface area contributed by atoms with Gasteiger partial charge >= 0.3 is 39.5 Å². The Kier molecular flexibility index (Phi) is 70.9. The summed E-state index contributed by atoms with van der Waals surface area (Å²) in [5.41, 5.74) is 0. The van der Waals surface area contributed by atoms with Gasteiger partial charge in [0.2, 0.25) is 0 Å². The van der Waals surface area contributed by atoms with Crippen molar-refractivity contribution < 1.29 is 80.2 Å². The lowest BCUT2D eigenvalue weighted by atomic mass is 10.0. The van der Waals surface area contributed by atoms with E-state index in [9.17, 15) is 43.2 Å². The van der Waals surface area contributed by atoms with Crippen LogP contribution in [-0.4, -0.2) is 96.7 Å². The van der Waals surface area contributed by atoms with Gasteiger partial charge in [-0.05, 0) is 43.4 Å². The van der Waals surface area contributed by atoms with Crippen molar-refractivity contribution in [3.8, 4) is 0 Å². The van der Waals surface area contributed by atoms with Gasteiger partial charge in [-0.1, -0.05) is 376 Å². The molecule has 0 aromatic heterocycles. The van der Waals surface area contributed by atoms with Crippen molar-refractivity contribution in [2.45, 2.75) is 446 Å². The lowest BCUT2D eigenvalue weighted by Gasteiger charge is -2.21. The number of hydrogen-bond acceptors (Lipinski definition) is 15. The van der Waals surface area contributed by atoms with Crippen molar-refractivity contribution in [2.75, 3.05) is 39.6 Å². The molecule has 0 fully saturated rings. The molecule has 101 heavy (non-hydrogen) atoms. The zero-order valence-corrected chi connectivity index (χ0v) is 68.2. The second kappa shape index (κ2) is 72.3. The number of ether oxygens (including phenoxy) is 4. The van der Waals surface area contributed by atoms with Crippen LogP contribution in [0.3, 0.4) is 0 Å². The van der Waals surface area contributed by atoms with E-state index < -0.39 is 97.5 Å². The summed E-state index contributed by atoms with van der Waals surface area (Å²) < 4.78 is 68.8. The molecule has 19 heteroatoms. The van der Waals surface area contributed by atoms with E-state index in [1.165, 1.54) is 238 Å². The van der Waals surface area contributed by atoms with Crippen LogP contribution in [0.25, 0.3) is 0 Å². The van der Waals surface area contributed by atoms with Crippen molar-refractivity contribution in [3.05, 3.63) is 0 Å². The Morgan fingerprint density at radius 1 is 0.267 bits per heavy atom. The van der Waals surface area contributed by atoms with Crippen molar-refractivity contribution in [1.82, 2.24) is 0 Å². The van der Waals surface area contributed by atoms with Gasteiger partial charge in [-0.3, -0.25) is 37.3 Å². The first-order chi connectivity index (χ1) is 48.7. The number of phosphoric acid groups is 2. The highest BCUT2D eigenvalue weighted by molar-refractivity contribution is 7.47. The number of carbonyl (C=O) groups is 4. The molecule has 0 aromatic carbocycles. The average Bonchev–Trinajstić information content (AvgIpc) is 0.923. The van der Waals surface area contributed by atoms with Crippen LogP contribution >= 0.6 is 15.6 Å². The summed E-state index contributed by atoms with van der Waals surface area (Å²) in [5.74, 6) is 0.177. The summed E-state index contributed by atoms with van der Waals surface area (Å²) in [6.45, 7) is 11.9. The SMILES string of the molecule is CCCCCCCCCCCCCCCCCCCCC(=O)OC[C@H](COP(=O)(O)OC[C@@H](O)COP(=O)(O)OC[C@@H](COC(=O)CCCCCCCCCCC(C)C)OC(=O)CCCCCCCCCCCCC(C)C)OC(=O)CCCCCCCCCCCCCCCCCCC(C)C. The Bertz CT molecular complexity index is 1960. The van der Waals surface area contributed by atoms with E-state index in [0.29, 0.717) is 25.7 Å². The lowest BCUT2D eigenvalue weighted by molar-refractivity contribution is -0.161. The average molecular weight is 1480 g/mol. The molecule has 5 atom stereocenters. The first-order valence-electron chi connectivity index (χ1n) is 42.3. The minimum atomic E-state index is -4.96. The van der Waals surface area contributed by atoms with Crippen LogP contribution < -0.4 is 0 Å². The van der Waals surface area contributed by atoms with E-state index in [1.54, 1.807) is 0 Å². The quantitative estimate of drug-likeness (QED) is 0.0222. The molecule has 0 rings (SSSR count). The molecule has 0 bridgehead atoms. The number of rotatable bonds is 80. The standard InChI is InChI=1S/C82H160O17P2/c1-8-9-10-11-12-13-14-15-16-17-18-22-25-28-34-42-49-56-63-79(84)92-69-77(98-81(86)65-58-51-44-35-29-26-23-20-19-21-24-27-32-39-46-53-60-73(2)3)71-96-100(88,89)94-67-76(83)68-95-101(90,91)97-72-78(70-93-80(85)64-57-50-43-38-37-41-48-55-62-75(6)7)99-82(87)66-59-52-45-36-31-30-33-40-47-54-61-74(4)5/h73-78,83H,8-72H2,1-7H3,(H,88,89)(H,90,91)/t76-,77-,78-/m1/s1. The molecule has 0 saturated carbocycles. The summed E-state index contributed by atoms with van der Waals surface area (Å²) >= 11 is 0. The molecule has 0 aromatic rings. The van der Waals surface area contributed by atoms with Crippen LogP contribution in [0.4, 0.5) is 0 Å². The molecule has 3 N–H and O–H groups in total. The lowest BCUT2D eigenvalue weighted by Crippen LogP contribution is -2.30. The van der Waals surface area contributed by atoms with Gasteiger partial charge in [0, 0.05) is 25.7 Å². The van der Waals surface area contributed by atoms with Crippen LogP contribution in [0.2, 0.25) is 0 Å². The second-order valence-corrected chi connectivity index (χ2v) is 33.8. The summed E-state index contributed by atoms with van der Waals surface area (Å²) in [6.07, 6.45) is 61.1. The summed E-state index contributed by atoms with van der Waals surface area (Å²) in [5, 5.41) is 10.6. The van der Waals surface area contributed by atoms with Gasteiger partial charge in [0.15, 0.2) is 12.2 Å². The maximum atomic E-state index is 13.1. The largest absolute Gasteiger partial charge is 0.472 e. The molecule has 2 unspecified atom stereocenters. The van der Waals surface area contributed by atoms with Crippen molar-refractivity contribution >= 4 is 39.5 Å². The number of aliphatic hydroxyl groups excluding tert-OH is 1. The maximum absolute atomic E-state index is 13.1. The van der Waals surface area contributed by atoms with Gasteiger partial charge < -0.3 is 33.8 Å². The highest BCUT2D eigenvalue weighted by Crippen LogP contribution is 2.45. The van der Waals surface area contributed by atoms with Gasteiger partial charge in [0.1, 0.15) is 19.3 Å². The number of aliphatic hydroxyl groups is 1. The first kappa shape index (κ1) is 99.1. The number of esters is 4. The smallest absolute Gasteiger partial charge is 0.462 e. The second-order valence-electron chi connectivity index (χ2n) is 30.9. The number of carbonyl (C=O) groups excluding carboxylic acids is 4. The van der Waals surface area contributed by atoms with E-state index in [1.807, 2.05) is 0 Å². The molecular weight excluding hydrogens is 1320 g/mol. The summed E-state index contributed by atoms with van der Waals surface area (Å²) in [6, 6.07) is 0. The Morgan fingerprint density at radius 2 is 0.455 bits per heavy atom. The zero-order chi connectivity index (χ0) is 74.4. The highest BCUT2D eigenvalue weighted by atomic mass is 31.2. The third-order valence-electron chi connectivity index (χ3n) is 19.1. The van der Waals surface area contributed by atoms with Crippen LogP contribution in [0.1, 0.15) is 427 Å². The normalized spacial score (nSPS) is 14.0. The monoisotopic (exact) mass is 1480 g/mol. The Hall–Kier alpha value is -1.94. The van der Waals surface area contributed by atoms with E-state index in [-0.39, 0.29) is 25.7 Å². The van der Waals surface area contributed by atoms with Gasteiger partial charge in [-0.15, -0.1) is 0 Å². The Balaban J connectivity index is 5.24. The van der Waals surface area contributed by atoms with Gasteiger partial charge in [0.25, 0.3) is 0 Å². The van der Waals surface area contributed by atoms with Crippen molar-refractivity contribution in [1.29, 1.82) is 0 Å². The van der Waals surface area contributed by atoms with Crippen LogP contribution in [0.5, 0.6) is 0 Å². The fraction of sp³-hybridized carbons (Fsp3) is 0.951. The van der Waals surface area contributed by atoms with Crippen LogP contribution in [-0.2, 0) is 65.4 Å². The molecular formula is C82H160O17P2. The fourth-order valence-electron chi connectivity index (χ4n) is 12.7. The van der Waals surface area contributed by atoms with Gasteiger partial charge in [-0.2, -0.15) is 0 Å². The molecule has 0 spiro atoms. The third-order valence-corrected chi connectivity index (χ3v) is 21.0. The van der Waals surface area contributed by atoms with Gasteiger partial charge in [-0.25, -0.2) is 9.13 Å². The highest BCUT2D eigenvalue weighted by Gasteiger charge is 2.30. The predicted molar refractivity (Wildman–Crippen MR) is 414 cm³/mol. The summed E-state index contributed by atoms with van der Waals surface area (Å²) in [7, 11) is -9.92. The number of hydrogen-bond donors (Lipinski definition) is 3. The minimum Gasteiger partial charge on any atom is -0.462 e. The minimum absolute atomic E-state index is 0.105. The van der Waals surface area contributed by atoms with Crippen molar-refractivity contribution in [3.63, 3.8) is 0 Å². The first-order valence-corrected chi connectivity index (χ1v) is 45.3. The maximum Gasteiger partial charge on any atom is 0.472 e. The predicted octanol–water partition coefficient (Wildman–Crippen LogP) is 24.5. The van der Waals surface area contributed by atoms with E-state index >= 15 is 0 Å². The van der Waals surface area contributed by atoms with Crippen molar-refractivity contribution in [2.24, 2.45) is 17.8 Å². The van der Waals surface area contributed by atoms with E-state index in [2.05, 4.69) is 48.5 Å². The summed E-state index contributed by atoms with van der Waals surface area (Å²) in [4.78, 5) is 73.1. The number of phosphoric ester groups is 2. The molecule has 0 radical (unpaired) electrons. The fourth-order valence-corrected chi connectivity index (χ4v) is 14.2. The molecule has 0 amide bonds. The third kappa shape index (κ3) is 76.1. The molecule has 0 heterocycles. The Morgan fingerprint density at radius 3 is 0.673 bits per heavy atom. The topological polar surface area (TPSA) is 237 Å². The Labute approximate surface area is 619 Å².